The van der Waals surface area contributed by atoms with Crippen molar-refractivity contribution < 1.29 is 0 Å². The third-order valence-electron chi connectivity index (χ3n) is 2.07. The van der Waals surface area contributed by atoms with Crippen molar-refractivity contribution in [2.24, 2.45) is 0 Å². The summed E-state index contributed by atoms with van der Waals surface area (Å²) in [5, 5.41) is 3.19. The summed E-state index contributed by atoms with van der Waals surface area (Å²) >= 11 is 1.70. The molecule has 65 valence electrons. The summed E-state index contributed by atoms with van der Waals surface area (Å²) in [6, 6.07) is 11.1. The Morgan fingerprint density at radius 2 is 2.15 bits per heavy atom. The number of rotatable bonds is 2. The van der Waals surface area contributed by atoms with E-state index in [9.17, 15) is 0 Å². The second-order valence-electron chi connectivity index (χ2n) is 2.93. The molecule has 2 aromatic rings. The van der Waals surface area contributed by atoms with Gasteiger partial charge in [0.1, 0.15) is 0 Å². The summed E-state index contributed by atoms with van der Waals surface area (Å²) in [5.41, 5.74) is 1.30. The van der Waals surface area contributed by atoms with E-state index in [1.807, 2.05) is 23.7 Å². The molecule has 1 aromatic heterocycles. The van der Waals surface area contributed by atoms with E-state index in [1.54, 1.807) is 11.3 Å². The third-order valence-corrected chi connectivity index (χ3v) is 3.02. The highest BCUT2D eigenvalue weighted by molar-refractivity contribution is 7.09. The fraction of sp³-hybridized carbons (Fsp3) is 0.182. The fourth-order valence-corrected chi connectivity index (χ4v) is 2.00. The maximum atomic E-state index is 4.30. The molecule has 2 heteroatoms. The largest absolute Gasteiger partial charge is 0.249 e. The molecule has 1 radical (unpaired) electrons. The van der Waals surface area contributed by atoms with Crippen LogP contribution in [-0.4, -0.2) is 4.98 Å². The van der Waals surface area contributed by atoms with Crippen LogP contribution >= 0.6 is 11.3 Å². The first-order valence-corrected chi connectivity index (χ1v) is 5.11. The van der Waals surface area contributed by atoms with E-state index >= 15 is 0 Å². The van der Waals surface area contributed by atoms with Crippen LogP contribution in [-0.2, 0) is 0 Å². The Labute approximate surface area is 82.1 Å². The Kier molecular flexibility index (Phi) is 2.41. The lowest BCUT2D eigenvalue weighted by molar-refractivity contribution is 0.905. The number of benzene rings is 1. The van der Waals surface area contributed by atoms with Gasteiger partial charge in [-0.05, 0) is 11.6 Å². The van der Waals surface area contributed by atoms with Crippen LogP contribution in [0.4, 0.5) is 0 Å². The SMILES string of the molecule is CC(c1cc[c]cc1)c1nccs1. The van der Waals surface area contributed by atoms with Gasteiger partial charge in [-0.3, -0.25) is 0 Å². The molecule has 1 nitrogen and oxygen atoms in total. The van der Waals surface area contributed by atoms with Crippen LogP contribution in [0.2, 0.25) is 0 Å². The number of thiazole rings is 1. The van der Waals surface area contributed by atoms with E-state index in [0.29, 0.717) is 5.92 Å². The van der Waals surface area contributed by atoms with E-state index in [4.69, 9.17) is 0 Å². The van der Waals surface area contributed by atoms with Crippen LogP contribution in [0, 0.1) is 6.07 Å². The van der Waals surface area contributed by atoms with Crippen molar-refractivity contribution in [3.63, 3.8) is 0 Å². The summed E-state index contributed by atoms with van der Waals surface area (Å²) in [7, 11) is 0. The van der Waals surface area contributed by atoms with Gasteiger partial charge in [-0.15, -0.1) is 11.3 Å². The third kappa shape index (κ3) is 1.78. The van der Waals surface area contributed by atoms with Crippen molar-refractivity contribution in [2.75, 3.05) is 0 Å². The van der Waals surface area contributed by atoms with Crippen molar-refractivity contribution in [1.82, 2.24) is 4.98 Å². The Bertz CT molecular complexity index is 353. The molecule has 2 rings (SSSR count). The molecule has 1 unspecified atom stereocenters. The Balaban J connectivity index is 2.29. The molecule has 0 saturated carbocycles. The lowest BCUT2D eigenvalue weighted by Gasteiger charge is -2.07. The first kappa shape index (κ1) is 8.45. The highest BCUT2D eigenvalue weighted by atomic mass is 32.1. The quantitative estimate of drug-likeness (QED) is 0.705. The van der Waals surface area contributed by atoms with Crippen LogP contribution in [0.25, 0.3) is 0 Å². The number of aromatic nitrogens is 1. The van der Waals surface area contributed by atoms with Gasteiger partial charge in [-0.25, -0.2) is 4.98 Å². The van der Waals surface area contributed by atoms with Crippen molar-refractivity contribution in [1.29, 1.82) is 0 Å². The zero-order chi connectivity index (χ0) is 9.10. The van der Waals surface area contributed by atoms with E-state index in [-0.39, 0.29) is 0 Å². The van der Waals surface area contributed by atoms with Crippen LogP contribution in [0.1, 0.15) is 23.4 Å². The molecule has 0 N–H and O–H groups in total. The Hall–Kier alpha value is -1.15. The molecule has 0 aliphatic rings. The zero-order valence-corrected chi connectivity index (χ0v) is 8.21. The van der Waals surface area contributed by atoms with Crippen molar-refractivity contribution in [2.45, 2.75) is 12.8 Å². The number of hydrogen-bond donors (Lipinski definition) is 0. The summed E-state index contributed by atoms with van der Waals surface area (Å²) in [6.45, 7) is 2.17. The fourth-order valence-electron chi connectivity index (χ4n) is 1.28. The first-order valence-electron chi connectivity index (χ1n) is 4.23. The smallest absolute Gasteiger partial charge is 0.0997 e. The molecule has 0 amide bonds. The lowest BCUT2D eigenvalue weighted by atomic mass is 10.0. The minimum atomic E-state index is 0.398. The normalized spacial score (nSPS) is 12.7. The van der Waals surface area contributed by atoms with Gasteiger partial charge >= 0.3 is 0 Å². The second-order valence-corrected chi connectivity index (χ2v) is 3.85. The van der Waals surface area contributed by atoms with E-state index in [2.05, 4.69) is 30.1 Å². The minimum Gasteiger partial charge on any atom is -0.249 e. The molecule has 0 aliphatic heterocycles. The maximum Gasteiger partial charge on any atom is 0.0997 e. The average Bonchev–Trinajstić information content (AvgIpc) is 2.71. The summed E-state index contributed by atoms with van der Waals surface area (Å²) in [4.78, 5) is 4.30. The van der Waals surface area contributed by atoms with Crippen LogP contribution in [0.3, 0.4) is 0 Å². The number of nitrogens with zero attached hydrogens (tertiary/aromatic N) is 1. The van der Waals surface area contributed by atoms with Gasteiger partial charge < -0.3 is 0 Å². The van der Waals surface area contributed by atoms with Crippen molar-refractivity contribution in [3.8, 4) is 0 Å². The Morgan fingerprint density at radius 1 is 1.38 bits per heavy atom. The molecule has 1 heterocycles. The van der Waals surface area contributed by atoms with Crippen LogP contribution in [0.15, 0.2) is 35.8 Å². The molecule has 0 aliphatic carbocycles. The molecular formula is C11H10NS. The van der Waals surface area contributed by atoms with E-state index in [1.165, 1.54) is 10.6 Å². The van der Waals surface area contributed by atoms with Crippen molar-refractivity contribution >= 4 is 11.3 Å². The highest BCUT2D eigenvalue weighted by Gasteiger charge is 2.09. The van der Waals surface area contributed by atoms with E-state index in [0.717, 1.165) is 0 Å². The van der Waals surface area contributed by atoms with Gasteiger partial charge in [0.25, 0.3) is 0 Å². The summed E-state index contributed by atoms with van der Waals surface area (Å²) in [5.74, 6) is 0.398. The van der Waals surface area contributed by atoms with Gasteiger partial charge in [0.2, 0.25) is 0 Å². The average molecular weight is 188 g/mol. The van der Waals surface area contributed by atoms with Gasteiger partial charge in [-0.2, -0.15) is 0 Å². The summed E-state index contributed by atoms with van der Waals surface area (Å²) < 4.78 is 0. The first-order chi connectivity index (χ1) is 6.38. The highest BCUT2D eigenvalue weighted by Crippen LogP contribution is 2.24. The predicted octanol–water partition coefficient (Wildman–Crippen LogP) is 3.10. The Morgan fingerprint density at radius 3 is 2.77 bits per heavy atom. The molecule has 0 spiro atoms. The van der Waals surface area contributed by atoms with Gasteiger partial charge in [-0.1, -0.05) is 31.2 Å². The molecule has 0 fully saturated rings. The lowest BCUT2D eigenvalue weighted by Crippen LogP contribution is -1.93. The van der Waals surface area contributed by atoms with E-state index < -0.39 is 0 Å². The molecule has 0 saturated heterocycles. The second kappa shape index (κ2) is 3.71. The van der Waals surface area contributed by atoms with Gasteiger partial charge in [0, 0.05) is 17.5 Å². The maximum absolute atomic E-state index is 4.30. The van der Waals surface area contributed by atoms with Gasteiger partial charge in [0.05, 0.1) is 5.01 Å². The monoisotopic (exact) mass is 188 g/mol. The van der Waals surface area contributed by atoms with Crippen molar-refractivity contribution in [3.05, 3.63) is 52.5 Å². The predicted molar refractivity (Wildman–Crippen MR) is 54.9 cm³/mol. The topological polar surface area (TPSA) is 12.9 Å². The number of hydrogen-bond acceptors (Lipinski definition) is 2. The minimum absolute atomic E-state index is 0.398. The molecule has 1 aromatic carbocycles. The zero-order valence-electron chi connectivity index (χ0n) is 7.40. The molecule has 0 bridgehead atoms. The molecule has 13 heavy (non-hydrogen) atoms. The van der Waals surface area contributed by atoms with Crippen LogP contribution in [0.5, 0.6) is 0 Å². The standard InChI is InChI=1S/C11H10NS/c1-9(11-12-7-8-13-11)10-5-3-2-4-6-10/h3-9H,1H3. The molecular weight excluding hydrogens is 178 g/mol. The van der Waals surface area contributed by atoms with Gasteiger partial charge in [0.15, 0.2) is 0 Å². The molecule has 1 atom stereocenters. The summed E-state index contributed by atoms with van der Waals surface area (Å²) in [6.07, 6.45) is 1.85. The van der Waals surface area contributed by atoms with Crippen LogP contribution < -0.4 is 0 Å².